The number of hydrazone groups is 1. The molecule has 20 heavy (non-hydrogen) atoms. The van der Waals surface area contributed by atoms with Crippen LogP contribution in [0.25, 0.3) is 0 Å². The highest BCUT2D eigenvalue weighted by molar-refractivity contribution is 7.71. The second kappa shape index (κ2) is 5.17. The Labute approximate surface area is 117 Å². The quantitative estimate of drug-likeness (QED) is 0.279. The van der Waals surface area contributed by atoms with Gasteiger partial charge < -0.3 is 15.4 Å². The lowest BCUT2D eigenvalue weighted by molar-refractivity contribution is 0.432. The summed E-state index contributed by atoms with van der Waals surface area (Å²) in [6.07, 6.45) is 0. The zero-order valence-corrected chi connectivity index (χ0v) is 11.5. The van der Waals surface area contributed by atoms with Crippen molar-refractivity contribution in [2.45, 2.75) is 13.8 Å². The normalized spacial score (nSPS) is 11.6. The number of anilines is 1. The summed E-state index contributed by atoms with van der Waals surface area (Å²) >= 11 is 4.83. The van der Waals surface area contributed by atoms with Gasteiger partial charge in [-0.3, -0.25) is 0 Å². The van der Waals surface area contributed by atoms with E-state index in [4.69, 9.17) is 22.5 Å². The van der Waals surface area contributed by atoms with E-state index in [1.54, 1.807) is 6.92 Å². The van der Waals surface area contributed by atoms with E-state index in [1.807, 2.05) is 0 Å². The summed E-state index contributed by atoms with van der Waals surface area (Å²) in [5.74, 6) is 5.81. The predicted molar refractivity (Wildman–Crippen MR) is 74.8 cm³/mol. The topological polar surface area (TPSA) is 134 Å². The fraction of sp³-hybridized carbons (Fsp3) is 0.200. The number of hydrogen-bond acceptors (Lipinski definition) is 8. The number of aromatic hydroxyl groups is 1. The van der Waals surface area contributed by atoms with E-state index in [0.717, 1.165) is 4.68 Å². The van der Waals surface area contributed by atoms with Gasteiger partial charge in [0.05, 0.1) is 5.71 Å². The van der Waals surface area contributed by atoms with E-state index in [2.05, 4.69) is 20.7 Å². The molecule has 10 heteroatoms. The van der Waals surface area contributed by atoms with E-state index in [0.29, 0.717) is 5.76 Å². The number of H-pyrrole nitrogens is 1. The molecule has 0 aromatic carbocycles. The summed E-state index contributed by atoms with van der Waals surface area (Å²) in [6, 6.07) is 1.33. The van der Waals surface area contributed by atoms with Crippen LogP contribution in [0, 0.1) is 11.7 Å². The van der Waals surface area contributed by atoms with Gasteiger partial charge in [-0.1, -0.05) is 0 Å². The highest BCUT2D eigenvalue weighted by atomic mass is 32.1. The third-order valence-corrected chi connectivity index (χ3v) is 2.73. The molecule has 0 radical (unpaired) electrons. The van der Waals surface area contributed by atoms with Gasteiger partial charge in [-0.25, -0.2) is 15.3 Å². The molecule has 2 aromatic rings. The molecule has 2 aromatic heterocycles. The largest absolute Gasteiger partial charge is 0.507 e. The minimum absolute atomic E-state index is 0.0409. The van der Waals surface area contributed by atoms with Gasteiger partial charge >= 0.3 is 5.63 Å². The SMILES string of the molecule is CC(=NNc1n[nH]c(=S)n1N)c1c(O)cc(C)oc1=O. The maximum absolute atomic E-state index is 11.7. The Morgan fingerprint density at radius 1 is 1.70 bits per heavy atom. The lowest BCUT2D eigenvalue weighted by atomic mass is 10.2. The van der Waals surface area contributed by atoms with Crippen LogP contribution in [-0.4, -0.2) is 25.7 Å². The molecular weight excluding hydrogens is 284 g/mol. The number of aryl methyl sites for hydroxylation is 1. The van der Waals surface area contributed by atoms with Gasteiger partial charge in [0.15, 0.2) is 0 Å². The Hall–Kier alpha value is -2.62. The summed E-state index contributed by atoms with van der Waals surface area (Å²) in [5.41, 5.74) is 2.02. The van der Waals surface area contributed by atoms with Crippen molar-refractivity contribution in [3.63, 3.8) is 0 Å². The molecule has 0 fully saturated rings. The molecule has 0 spiro atoms. The van der Waals surface area contributed by atoms with E-state index in [1.165, 1.54) is 13.0 Å². The molecule has 0 aliphatic carbocycles. The van der Waals surface area contributed by atoms with E-state index >= 15 is 0 Å². The Kier molecular flexibility index (Phi) is 3.57. The van der Waals surface area contributed by atoms with Crippen LogP contribution in [0.3, 0.4) is 0 Å². The van der Waals surface area contributed by atoms with Crippen molar-refractivity contribution in [1.29, 1.82) is 0 Å². The highest BCUT2D eigenvalue weighted by Crippen LogP contribution is 2.15. The van der Waals surface area contributed by atoms with Crippen LogP contribution in [-0.2, 0) is 0 Å². The zero-order valence-electron chi connectivity index (χ0n) is 10.7. The third kappa shape index (κ3) is 2.54. The molecule has 0 aliphatic rings. The third-order valence-electron chi connectivity index (χ3n) is 2.44. The maximum Gasteiger partial charge on any atom is 0.348 e. The fourth-order valence-electron chi connectivity index (χ4n) is 1.50. The van der Waals surface area contributed by atoms with Gasteiger partial charge in [0.25, 0.3) is 5.95 Å². The summed E-state index contributed by atoms with van der Waals surface area (Å²) in [4.78, 5) is 11.7. The lowest BCUT2D eigenvalue weighted by Crippen LogP contribution is -2.16. The van der Waals surface area contributed by atoms with Gasteiger partial charge in [-0.15, -0.1) is 5.10 Å². The van der Waals surface area contributed by atoms with Gasteiger partial charge in [0.1, 0.15) is 17.1 Å². The Morgan fingerprint density at radius 2 is 2.40 bits per heavy atom. The number of aromatic nitrogens is 3. The molecule has 0 bridgehead atoms. The Balaban J connectivity index is 2.34. The van der Waals surface area contributed by atoms with Crippen molar-refractivity contribution in [2.24, 2.45) is 5.10 Å². The molecule has 0 saturated carbocycles. The van der Waals surface area contributed by atoms with Crippen LogP contribution in [0.5, 0.6) is 5.75 Å². The lowest BCUT2D eigenvalue weighted by Gasteiger charge is -2.04. The van der Waals surface area contributed by atoms with Gasteiger partial charge in [0.2, 0.25) is 4.77 Å². The monoisotopic (exact) mass is 296 g/mol. The predicted octanol–water partition coefficient (Wildman–Crippen LogP) is 0.458. The van der Waals surface area contributed by atoms with Crippen LogP contribution in [0.4, 0.5) is 5.95 Å². The first-order chi connectivity index (χ1) is 9.40. The molecule has 106 valence electrons. The van der Waals surface area contributed by atoms with Crippen LogP contribution >= 0.6 is 12.2 Å². The number of aromatic amines is 1. The molecule has 0 aliphatic heterocycles. The first-order valence-electron chi connectivity index (χ1n) is 5.47. The van der Waals surface area contributed by atoms with Crippen molar-refractivity contribution in [2.75, 3.05) is 11.3 Å². The average molecular weight is 296 g/mol. The van der Waals surface area contributed by atoms with Crippen molar-refractivity contribution in [3.8, 4) is 5.75 Å². The van der Waals surface area contributed by atoms with Crippen molar-refractivity contribution in [1.82, 2.24) is 14.9 Å². The summed E-state index contributed by atoms with van der Waals surface area (Å²) in [6.45, 7) is 3.08. The first kappa shape index (κ1) is 13.8. The Bertz CT molecular complexity index is 787. The second-order valence-electron chi connectivity index (χ2n) is 3.94. The molecule has 2 heterocycles. The fourth-order valence-corrected chi connectivity index (χ4v) is 1.63. The smallest absolute Gasteiger partial charge is 0.348 e. The summed E-state index contributed by atoms with van der Waals surface area (Å²) in [7, 11) is 0. The first-order valence-corrected chi connectivity index (χ1v) is 5.88. The van der Waals surface area contributed by atoms with Gasteiger partial charge in [-0.05, 0) is 26.1 Å². The summed E-state index contributed by atoms with van der Waals surface area (Å²) < 4.78 is 6.18. The standard InChI is InChI=1S/C10H12N6O3S/c1-4-3-6(17)7(8(18)19-4)5(2)12-13-9-14-15-10(20)16(9)11/h3,17H,11H2,1-2H3,(H,13,14)(H,15,20). The average Bonchev–Trinajstić information content (AvgIpc) is 2.66. The number of hydrogen-bond donors (Lipinski definition) is 4. The van der Waals surface area contributed by atoms with Crippen LogP contribution < -0.4 is 16.9 Å². The number of nitrogens with zero attached hydrogens (tertiary/aromatic N) is 3. The molecule has 0 saturated heterocycles. The molecule has 2 rings (SSSR count). The van der Waals surface area contributed by atoms with Crippen LogP contribution in [0.1, 0.15) is 18.2 Å². The minimum Gasteiger partial charge on any atom is -0.507 e. The summed E-state index contributed by atoms with van der Waals surface area (Å²) in [5, 5.41) is 19.9. The van der Waals surface area contributed by atoms with Crippen molar-refractivity contribution >= 4 is 23.9 Å². The van der Waals surface area contributed by atoms with Gasteiger partial charge in [-0.2, -0.15) is 9.78 Å². The number of rotatable bonds is 3. The van der Waals surface area contributed by atoms with Gasteiger partial charge in [0, 0.05) is 6.07 Å². The molecule has 0 amide bonds. The van der Waals surface area contributed by atoms with Crippen molar-refractivity contribution in [3.05, 3.63) is 32.6 Å². The molecule has 5 N–H and O–H groups in total. The molecule has 9 nitrogen and oxygen atoms in total. The molecular formula is C10H12N6O3S. The molecule has 0 atom stereocenters. The maximum atomic E-state index is 11.7. The van der Waals surface area contributed by atoms with E-state index in [9.17, 15) is 9.90 Å². The number of nitrogens with one attached hydrogen (secondary N) is 2. The van der Waals surface area contributed by atoms with Crippen LogP contribution in [0.2, 0.25) is 0 Å². The highest BCUT2D eigenvalue weighted by Gasteiger charge is 2.13. The second-order valence-corrected chi connectivity index (χ2v) is 4.32. The van der Waals surface area contributed by atoms with Crippen LogP contribution in [0.15, 0.2) is 20.4 Å². The number of nitrogens with two attached hydrogens (primary N) is 1. The van der Waals surface area contributed by atoms with Crippen molar-refractivity contribution < 1.29 is 9.52 Å². The molecule has 0 unspecified atom stereocenters. The minimum atomic E-state index is -0.683. The Morgan fingerprint density at radius 3 is 2.95 bits per heavy atom. The van der Waals surface area contributed by atoms with E-state index < -0.39 is 5.63 Å². The van der Waals surface area contributed by atoms with E-state index in [-0.39, 0.29) is 27.7 Å². The zero-order chi connectivity index (χ0) is 14.9. The number of nitrogen functional groups attached to an aromatic ring is 1.